The third kappa shape index (κ3) is 3.27. The molecule has 0 aliphatic rings. The number of carbonyl (C=O) groups excluding carboxylic acids is 2. The van der Waals surface area contributed by atoms with Crippen molar-refractivity contribution in [1.29, 1.82) is 0 Å². The van der Waals surface area contributed by atoms with Crippen molar-refractivity contribution in [3.63, 3.8) is 0 Å². The molecule has 5 nitrogen and oxygen atoms in total. The topological polar surface area (TPSA) is 69.2 Å². The maximum absolute atomic E-state index is 11.3. The lowest BCUT2D eigenvalue weighted by Gasteiger charge is -2.06. The summed E-state index contributed by atoms with van der Waals surface area (Å²) in [5, 5.41) is 0.213. The van der Waals surface area contributed by atoms with Gasteiger partial charge in [0.2, 0.25) is 0 Å². The number of aromatic nitrogens is 2. The Kier molecular flexibility index (Phi) is 3.95. The Bertz CT molecular complexity index is 423. The predicted octanol–water partition coefficient (Wildman–Crippen LogP) is 1.38. The second-order valence-corrected chi connectivity index (χ2v) is 3.63. The van der Waals surface area contributed by atoms with Crippen molar-refractivity contribution < 1.29 is 14.3 Å². The molecule has 0 radical (unpaired) electrons. The van der Waals surface area contributed by atoms with Crippen LogP contribution in [0.2, 0.25) is 5.15 Å². The van der Waals surface area contributed by atoms with Gasteiger partial charge in [-0.1, -0.05) is 11.6 Å². The van der Waals surface area contributed by atoms with Gasteiger partial charge in [0.15, 0.2) is 0 Å². The van der Waals surface area contributed by atoms with Gasteiger partial charge in [0.25, 0.3) is 0 Å². The van der Waals surface area contributed by atoms with Crippen LogP contribution in [0.3, 0.4) is 0 Å². The molecular weight excluding hydrogens is 232 g/mol. The third-order valence-electron chi connectivity index (χ3n) is 1.85. The monoisotopic (exact) mass is 242 g/mol. The minimum atomic E-state index is -0.662. The van der Waals surface area contributed by atoms with Crippen LogP contribution in [0.5, 0.6) is 0 Å². The second kappa shape index (κ2) is 5.03. The summed E-state index contributed by atoms with van der Waals surface area (Å²) in [5.74, 6) is -0.775. The molecule has 0 aliphatic carbocycles. The van der Waals surface area contributed by atoms with Crippen LogP contribution in [-0.4, -0.2) is 21.9 Å². The van der Waals surface area contributed by atoms with Crippen LogP contribution >= 0.6 is 11.6 Å². The van der Waals surface area contributed by atoms with Crippen molar-refractivity contribution in [2.45, 2.75) is 27.2 Å². The van der Waals surface area contributed by atoms with E-state index in [-0.39, 0.29) is 11.6 Å². The van der Waals surface area contributed by atoms with Gasteiger partial charge >= 0.3 is 11.9 Å². The van der Waals surface area contributed by atoms with Crippen LogP contribution in [-0.2, 0) is 20.7 Å². The number of hydrogen-bond acceptors (Lipinski definition) is 5. The van der Waals surface area contributed by atoms with Crippen molar-refractivity contribution in [3.8, 4) is 0 Å². The van der Waals surface area contributed by atoms with Crippen molar-refractivity contribution in [2.75, 3.05) is 0 Å². The van der Waals surface area contributed by atoms with Crippen LogP contribution in [0.4, 0.5) is 0 Å². The number of carbonyl (C=O) groups is 2. The molecule has 0 atom stereocenters. The Morgan fingerprint density at radius 3 is 2.44 bits per heavy atom. The molecule has 0 aromatic carbocycles. The zero-order valence-electron chi connectivity index (χ0n) is 9.20. The standard InChI is InChI=1S/C10H11ClN2O3/c1-5-8(4-9(15)16-7(3)14)10(11)13-6(2)12-5/h4H2,1-3H3. The lowest BCUT2D eigenvalue weighted by Crippen LogP contribution is -2.13. The van der Waals surface area contributed by atoms with Gasteiger partial charge in [-0.15, -0.1) is 0 Å². The van der Waals surface area contributed by atoms with Gasteiger partial charge in [-0.3, -0.25) is 9.59 Å². The van der Waals surface area contributed by atoms with Crippen molar-refractivity contribution in [2.24, 2.45) is 0 Å². The van der Waals surface area contributed by atoms with Crippen molar-refractivity contribution in [1.82, 2.24) is 9.97 Å². The SMILES string of the molecule is CC(=O)OC(=O)Cc1c(C)nc(C)nc1Cl. The molecule has 0 amide bonds. The number of hydrogen-bond donors (Lipinski definition) is 0. The maximum atomic E-state index is 11.3. The molecule has 86 valence electrons. The zero-order chi connectivity index (χ0) is 12.3. The van der Waals surface area contributed by atoms with Crippen molar-refractivity contribution >= 4 is 23.5 Å². The molecular formula is C10H11ClN2O3. The fraction of sp³-hybridized carbons (Fsp3) is 0.400. The first-order chi connectivity index (χ1) is 7.40. The smallest absolute Gasteiger partial charge is 0.318 e. The molecule has 0 N–H and O–H groups in total. The van der Waals surface area contributed by atoms with Crippen LogP contribution in [0.25, 0.3) is 0 Å². The molecule has 1 heterocycles. The summed E-state index contributed by atoms with van der Waals surface area (Å²) >= 11 is 5.87. The molecule has 0 saturated carbocycles. The average Bonchev–Trinajstić information content (AvgIpc) is 2.09. The van der Waals surface area contributed by atoms with E-state index in [4.69, 9.17) is 11.6 Å². The van der Waals surface area contributed by atoms with E-state index in [1.54, 1.807) is 13.8 Å². The van der Waals surface area contributed by atoms with Gasteiger partial charge in [0.05, 0.1) is 6.42 Å². The highest BCUT2D eigenvalue weighted by Crippen LogP contribution is 2.17. The number of aryl methyl sites for hydroxylation is 2. The summed E-state index contributed by atoms with van der Waals surface area (Å²) in [6, 6.07) is 0. The lowest BCUT2D eigenvalue weighted by atomic mass is 10.2. The largest absolute Gasteiger partial charge is 0.393 e. The fourth-order valence-corrected chi connectivity index (χ4v) is 1.56. The van der Waals surface area contributed by atoms with E-state index in [2.05, 4.69) is 14.7 Å². The Labute approximate surface area is 97.8 Å². The molecule has 6 heteroatoms. The molecule has 0 fully saturated rings. The molecule has 0 bridgehead atoms. The number of nitrogens with zero attached hydrogens (tertiary/aromatic N) is 2. The van der Waals surface area contributed by atoms with Crippen LogP contribution in [0.1, 0.15) is 24.0 Å². The predicted molar refractivity (Wildman–Crippen MR) is 57.0 cm³/mol. The quantitative estimate of drug-likeness (QED) is 0.445. The van der Waals surface area contributed by atoms with E-state index in [0.717, 1.165) is 6.92 Å². The zero-order valence-corrected chi connectivity index (χ0v) is 9.96. The summed E-state index contributed by atoms with van der Waals surface area (Å²) < 4.78 is 4.40. The minimum absolute atomic E-state index is 0.107. The molecule has 1 aromatic rings. The lowest BCUT2D eigenvalue weighted by molar-refractivity contribution is -0.157. The van der Waals surface area contributed by atoms with Crippen LogP contribution in [0, 0.1) is 13.8 Å². The number of halogens is 1. The Morgan fingerprint density at radius 2 is 1.94 bits per heavy atom. The van der Waals surface area contributed by atoms with Gasteiger partial charge in [0.1, 0.15) is 11.0 Å². The van der Waals surface area contributed by atoms with E-state index in [1.807, 2.05) is 0 Å². The molecule has 1 rings (SSSR count). The molecule has 0 saturated heterocycles. The molecule has 0 spiro atoms. The fourth-order valence-electron chi connectivity index (χ4n) is 1.24. The number of rotatable bonds is 2. The van der Waals surface area contributed by atoms with E-state index in [1.165, 1.54) is 0 Å². The van der Waals surface area contributed by atoms with E-state index in [9.17, 15) is 9.59 Å². The Hall–Kier alpha value is -1.49. The van der Waals surface area contributed by atoms with Gasteiger partial charge in [-0.25, -0.2) is 9.97 Å². The van der Waals surface area contributed by atoms with Gasteiger partial charge in [-0.2, -0.15) is 0 Å². The van der Waals surface area contributed by atoms with Crippen LogP contribution < -0.4 is 0 Å². The first kappa shape index (κ1) is 12.6. The third-order valence-corrected chi connectivity index (χ3v) is 2.17. The highest BCUT2D eigenvalue weighted by atomic mass is 35.5. The molecule has 16 heavy (non-hydrogen) atoms. The molecule has 0 unspecified atom stereocenters. The number of ether oxygens (including phenoxy) is 1. The van der Waals surface area contributed by atoms with E-state index < -0.39 is 11.9 Å². The molecule has 1 aromatic heterocycles. The second-order valence-electron chi connectivity index (χ2n) is 3.27. The average molecular weight is 243 g/mol. The van der Waals surface area contributed by atoms with E-state index >= 15 is 0 Å². The normalized spacial score (nSPS) is 10.0. The Morgan fingerprint density at radius 1 is 1.31 bits per heavy atom. The maximum Gasteiger partial charge on any atom is 0.318 e. The Balaban J connectivity index is 2.89. The first-order valence-corrected chi connectivity index (χ1v) is 4.98. The van der Waals surface area contributed by atoms with Gasteiger partial charge in [0, 0.05) is 18.2 Å². The summed E-state index contributed by atoms with van der Waals surface area (Å²) in [6.07, 6.45) is -0.107. The van der Waals surface area contributed by atoms with Crippen molar-refractivity contribution in [3.05, 3.63) is 22.2 Å². The first-order valence-electron chi connectivity index (χ1n) is 4.61. The molecule has 0 aliphatic heterocycles. The van der Waals surface area contributed by atoms with E-state index in [0.29, 0.717) is 17.1 Å². The highest BCUT2D eigenvalue weighted by Gasteiger charge is 2.14. The summed E-state index contributed by atoms with van der Waals surface area (Å²) in [6.45, 7) is 4.59. The summed E-state index contributed by atoms with van der Waals surface area (Å²) in [7, 11) is 0. The highest BCUT2D eigenvalue weighted by molar-refractivity contribution is 6.30. The van der Waals surface area contributed by atoms with Gasteiger partial charge in [-0.05, 0) is 13.8 Å². The van der Waals surface area contributed by atoms with Crippen LogP contribution in [0.15, 0.2) is 0 Å². The minimum Gasteiger partial charge on any atom is -0.393 e. The summed E-state index contributed by atoms with van der Waals surface area (Å²) in [4.78, 5) is 29.8. The number of esters is 2. The summed E-state index contributed by atoms with van der Waals surface area (Å²) in [5.41, 5.74) is 1.09. The van der Waals surface area contributed by atoms with Gasteiger partial charge < -0.3 is 4.74 Å².